The van der Waals surface area contributed by atoms with Gasteiger partial charge in [0, 0.05) is 6.42 Å². The van der Waals surface area contributed by atoms with Crippen molar-refractivity contribution in [3.63, 3.8) is 0 Å². The van der Waals surface area contributed by atoms with E-state index >= 15 is 0 Å². The standard InChI is InChI=1S/C31H60O3.Na.H/c1-4-6-8-10-12-14-15-16-17-18-19-20-22-24-26-28-30(32)29(31(33)34-3)27-25-23-21-13-11-9-7-5-2;;/h29H,4-28H2,1-3H3;;. The van der Waals surface area contributed by atoms with Gasteiger partial charge in [-0.1, -0.05) is 155 Å². The van der Waals surface area contributed by atoms with Crippen LogP contribution in [0.2, 0.25) is 0 Å². The molecule has 0 aromatic rings. The number of esters is 1. The van der Waals surface area contributed by atoms with Crippen LogP contribution in [0.4, 0.5) is 0 Å². The molecule has 0 amide bonds. The van der Waals surface area contributed by atoms with Crippen LogP contribution in [-0.4, -0.2) is 48.4 Å². The number of carbonyl (C=O) groups is 2. The summed E-state index contributed by atoms with van der Waals surface area (Å²) in [5.41, 5.74) is 0. The van der Waals surface area contributed by atoms with Gasteiger partial charge in [0.05, 0.1) is 7.11 Å². The molecule has 0 saturated carbocycles. The Morgan fingerprint density at radius 3 is 1.17 bits per heavy atom. The number of carbonyl (C=O) groups excluding carboxylic acids is 2. The van der Waals surface area contributed by atoms with Crippen molar-refractivity contribution < 1.29 is 14.3 Å². The Morgan fingerprint density at radius 1 is 0.514 bits per heavy atom. The molecule has 0 rings (SSSR count). The third-order valence-electron chi connectivity index (χ3n) is 7.25. The average Bonchev–Trinajstić information content (AvgIpc) is 2.85. The fraction of sp³-hybridized carbons (Fsp3) is 0.935. The van der Waals surface area contributed by atoms with Gasteiger partial charge in [-0.3, -0.25) is 9.59 Å². The number of methoxy groups -OCH3 is 1. The van der Waals surface area contributed by atoms with Crippen LogP contribution in [0.5, 0.6) is 0 Å². The molecule has 35 heavy (non-hydrogen) atoms. The van der Waals surface area contributed by atoms with Crippen molar-refractivity contribution in [2.24, 2.45) is 5.92 Å². The maximum absolute atomic E-state index is 12.6. The Balaban J connectivity index is 0. The molecule has 0 spiro atoms. The van der Waals surface area contributed by atoms with Crippen molar-refractivity contribution in [3.8, 4) is 0 Å². The molecule has 1 atom stereocenters. The predicted octanol–water partition coefficient (Wildman–Crippen LogP) is 9.49. The zero-order chi connectivity index (χ0) is 25.1. The van der Waals surface area contributed by atoms with Crippen LogP contribution < -0.4 is 0 Å². The second kappa shape index (κ2) is 30.4. The first kappa shape index (κ1) is 37.3. The predicted molar refractivity (Wildman–Crippen MR) is 154 cm³/mol. The molecule has 0 heterocycles. The Bertz CT molecular complexity index is 453. The van der Waals surface area contributed by atoms with E-state index in [1.54, 1.807) is 0 Å². The van der Waals surface area contributed by atoms with E-state index in [0.717, 1.165) is 25.7 Å². The van der Waals surface area contributed by atoms with Crippen LogP contribution in [0.1, 0.15) is 174 Å². The molecule has 204 valence electrons. The molecule has 0 fully saturated rings. The van der Waals surface area contributed by atoms with Crippen LogP contribution >= 0.6 is 0 Å². The van der Waals surface area contributed by atoms with Gasteiger partial charge < -0.3 is 4.74 Å². The first-order valence-corrected chi connectivity index (χ1v) is 15.3. The molecule has 3 nitrogen and oxygen atoms in total. The van der Waals surface area contributed by atoms with E-state index in [0.29, 0.717) is 12.8 Å². The Hall–Kier alpha value is 0.140. The fourth-order valence-corrected chi connectivity index (χ4v) is 4.88. The van der Waals surface area contributed by atoms with Crippen LogP contribution in [0.3, 0.4) is 0 Å². The van der Waals surface area contributed by atoms with Gasteiger partial charge in [0.2, 0.25) is 0 Å². The van der Waals surface area contributed by atoms with Gasteiger partial charge in [-0.2, -0.15) is 0 Å². The summed E-state index contributed by atoms with van der Waals surface area (Å²) in [6.07, 6.45) is 30.8. The monoisotopic (exact) mass is 504 g/mol. The number of hydrogen-bond donors (Lipinski definition) is 0. The second-order valence-electron chi connectivity index (χ2n) is 10.5. The number of unbranched alkanes of at least 4 members (excludes halogenated alkanes) is 21. The Kier molecular flexibility index (Phi) is 32.4. The maximum atomic E-state index is 12.6. The van der Waals surface area contributed by atoms with Crippen molar-refractivity contribution in [2.45, 2.75) is 174 Å². The third kappa shape index (κ3) is 25.6. The summed E-state index contributed by atoms with van der Waals surface area (Å²) in [5, 5.41) is 0. The molecule has 1 unspecified atom stereocenters. The number of Topliss-reactive ketones (excluding diaryl/α,β-unsaturated/α-hetero) is 1. The first-order valence-electron chi connectivity index (χ1n) is 15.3. The molecule has 4 heteroatoms. The van der Waals surface area contributed by atoms with E-state index in [4.69, 9.17) is 4.74 Å². The molecule has 0 aromatic carbocycles. The molecule has 0 aromatic heterocycles. The minimum absolute atomic E-state index is 0. The summed E-state index contributed by atoms with van der Waals surface area (Å²) in [5.74, 6) is -0.755. The summed E-state index contributed by atoms with van der Waals surface area (Å²) in [4.78, 5) is 24.7. The van der Waals surface area contributed by atoms with Gasteiger partial charge in [-0.25, -0.2) is 0 Å². The van der Waals surface area contributed by atoms with E-state index < -0.39 is 5.92 Å². The minimum atomic E-state index is -0.531. The summed E-state index contributed by atoms with van der Waals surface area (Å²) < 4.78 is 4.92. The summed E-state index contributed by atoms with van der Waals surface area (Å²) in [6.45, 7) is 4.52. The Labute approximate surface area is 242 Å². The number of rotatable bonds is 27. The summed E-state index contributed by atoms with van der Waals surface area (Å²) >= 11 is 0. The summed E-state index contributed by atoms with van der Waals surface area (Å²) in [6, 6.07) is 0. The number of hydrogen-bond acceptors (Lipinski definition) is 3. The molecule has 0 aliphatic carbocycles. The molecule has 0 radical (unpaired) electrons. The van der Waals surface area contributed by atoms with Gasteiger partial charge in [0.25, 0.3) is 0 Å². The van der Waals surface area contributed by atoms with Gasteiger partial charge >= 0.3 is 35.5 Å². The van der Waals surface area contributed by atoms with Crippen LogP contribution in [0, 0.1) is 5.92 Å². The van der Waals surface area contributed by atoms with Crippen molar-refractivity contribution >= 4 is 41.3 Å². The Morgan fingerprint density at radius 2 is 0.829 bits per heavy atom. The third-order valence-corrected chi connectivity index (χ3v) is 7.25. The molecular weight excluding hydrogens is 443 g/mol. The van der Waals surface area contributed by atoms with Crippen molar-refractivity contribution in [3.05, 3.63) is 0 Å². The summed E-state index contributed by atoms with van der Waals surface area (Å²) in [7, 11) is 1.41. The second-order valence-corrected chi connectivity index (χ2v) is 10.5. The van der Waals surface area contributed by atoms with E-state index in [1.807, 2.05) is 0 Å². The zero-order valence-corrected chi connectivity index (χ0v) is 23.5. The fourth-order valence-electron chi connectivity index (χ4n) is 4.88. The van der Waals surface area contributed by atoms with E-state index in [-0.39, 0.29) is 41.3 Å². The quantitative estimate of drug-likeness (QED) is 0.0484. The van der Waals surface area contributed by atoms with Gasteiger partial charge in [-0.05, 0) is 12.8 Å². The van der Waals surface area contributed by atoms with Crippen LogP contribution in [-0.2, 0) is 14.3 Å². The van der Waals surface area contributed by atoms with Crippen molar-refractivity contribution in [1.29, 1.82) is 0 Å². The van der Waals surface area contributed by atoms with Gasteiger partial charge in [0.1, 0.15) is 11.7 Å². The van der Waals surface area contributed by atoms with E-state index in [2.05, 4.69) is 13.8 Å². The van der Waals surface area contributed by atoms with Gasteiger partial charge in [0.15, 0.2) is 0 Å². The molecule has 0 saturated heterocycles. The zero-order valence-electron chi connectivity index (χ0n) is 23.5. The molecule has 0 N–H and O–H groups in total. The van der Waals surface area contributed by atoms with Crippen molar-refractivity contribution in [1.82, 2.24) is 0 Å². The molecule has 0 aliphatic heterocycles. The SMILES string of the molecule is CCCCCCCCCCCCCCCCCC(=O)C(CCCCCCCCCC)C(=O)OC.[NaH]. The molecule has 0 aliphatic rings. The topological polar surface area (TPSA) is 43.4 Å². The van der Waals surface area contributed by atoms with Crippen LogP contribution in [0.15, 0.2) is 0 Å². The normalized spacial score (nSPS) is 11.7. The number of ether oxygens (including phenoxy) is 1. The average molecular weight is 505 g/mol. The molecular formula is C31H61NaO3. The van der Waals surface area contributed by atoms with E-state index in [9.17, 15) is 9.59 Å². The van der Waals surface area contributed by atoms with Gasteiger partial charge in [-0.15, -0.1) is 0 Å². The first-order chi connectivity index (χ1) is 16.7. The van der Waals surface area contributed by atoms with Crippen LogP contribution in [0.25, 0.3) is 0 Å². The van der Waals surface area contributed by atoms with E-state index in [1.165, 1.54) is 129 Å². The molecule has 0 bridgehead atoms. The number of ketones is 1. The van der Waals surface area contributed by atoms with Crippen molar-refractivity contribution in [2.75, 3.05) is 7.11 Å².